The maximum atomic E-state index is 8.97. The van der Waals surface area contributed by atoms with Crippen LogP contribution in [-0.2, 0) is 0 Å². The molecule has 2 atom stereocenters. The molecular weight excluding hydrogens is 174 g/mol. The summed E-state index contributed by atoms with van der Waals surface area (Å²) in [6.07, 6.45) is 2.02. The fourth-order valence-electron chi connectivity index (χ4n) is 1.80. The molecule has 2 heteroatoms. The van der Waals surface area contributed by atoms with E-state index in [4.69, 9.17) is 5.11 Å². The lowest BCUT2D eigenvalue weighted by atomic mass is 9.95. The van der Waals surface area contributed by atoms with Gasteiger partial charge in [0, 0.05) is 18.7 Å². The van der Waals surface area contributed by atoms with Gasteiger partial charge in [-0.25, -0.2) is 0 Å². The molecule has 0 rings (SSSR count). The van der Waals surface area contributed by atoms with Crippen LogP contribution in [0.15, 0.2) is 0 Å². The SMILES string of the molecule is CCC(NC(CCO)C(C)C)C(C)C. The number of aliphatic hydroxyl groups excluding tert-OH is 1. The zero-order chi connectivity index (χ0) is 11.1. The maximum absolute atomic E-state index is 8.97. The van der Waals surface area contributed by atoms with E-state index < -0.39 is 0 Å². The zero-order valence-corrected chi connectivity index (χ0v) is 10.4. The maximum Gasteiger partial charge on any atom is 0.0445 e. The van der Waals surface area contributed by atoms with E-state index in [9.17, 15) is 0 Å². The van der Waals surface area contributed by atoms with Gasteiger partial charge >= 0.3 is 0 Å². The Kier molecular flexibility index (Phi) is 7.20. The molecule has 0 aromatic heterocycles. The van der Waals surface area contributed by atoms with Gasteiger partial charge < -0.3 is 10.4 Å². The lowest BCUT2D eigenvalue weighted by Gasteiger charge is -2.29. The van der Waals surface area contributed by atoms with Crippen molar-refractivity contribution < 1.29 is 5.11 Å². The van der Waals surface area contributed by atoms with Crippen molar-refractivity contribution in [1.29, 1.82) is 0 Å². The minimum Gasteiger partial charge on any atom is -0.396 e. The summed E-state index contributed by atoms with van der Waals surface area (Å²) in [5.74, 6) is 1.26. The molecule has 0 fully saturated rings. The molecule has 0 aliphatic carbocycles. The van der Waals surface area contributed by atoms with Crippen LogP contribution < -0.4 is 5.32 Å². The summed E-state index contributed by atoms with van der Waals surface area (Å²) in [4.78, 5) is 0. The van der Waals surface area contributed by atoms with Crippen LogP contribution in [0.3, 0.4) is 0 Å². The molecule has 86 valence electrons. The Morgan fingerprint density at radius 2 is 1.50 bits per heavy atom. The summed E-state index contributed by atoms with van der Waals surface area (Å²) < 4.78 is 0. The molecule has 0 amide bonds. The quantitative estimate of drug-likeness (QED) is 0.663. The van der Waals surface area contributed by atoms with Crippen molar-refractivity contribution in [3.63, 3.8) is 0 Å². The summed E-state index contributed by atoms with van der Waals surface area (Å²) in [7, 11) is 0. The predicted octanol–water partition coefficient (Wildman–Crippen LogP) is 2.42. The van der Waals surface area contributed by atoms with Crippen LogP contribution in [0.5, 0.6) is 0 Å². The van der Waals surface area contributed by atoms with E-state index in [-0.39, 0.29) is 6.61 Å². The minimum absolute atomic E-state index is 0.282. The molecule has 0 saturated carbocycles. The Bertz CT molecular complexity index is 134. The summed E-state index contributed by atoms with van der Waals surface area (Å²) in [5, 5.41) is 12.6. The molecule has 2 nitrogen and oxygen atoms in total. The van der Waals surface area contributed by atoms with E-state index in [1.54, 1.807) is 0 Å². The summed E-state index contributed by atoms with van der Waals surface area (Å²) in [5.41, 5.74) is 0. The van der Waals surface area contributed by atoms with Gasteiger partial charge in [0.25, 0.3) is 0 Å². The monoisotopic (exact) mass is 201 g/mol. The lowest BCUT2D eigenvalue weighted by molar-refractivity contribution is 0.222. The molecule has 0 radical (unpaired) electrons. The molecule has 0 aliphatic heterocycles. The minimum atomic E-state index is 0.282. The third-order valence-corrected chi connectivity index (χ3v) is 2.92. The summed E-state index contributed by atoms with van der Waals surface area (Å²) >= 11 is 0. The second kappa shape index (κ2) is 7.24. The van der Waals surface area contributed by atoms with Crippen molar-refractivity contribution in [3.05, 3.63) is 0 Å². The van der Waals surface area contributed by atoms with Crippen molar-refractivity contribution in [2.45, 2.75) is 59.5 Å². The molecule has 14 heavy (non-hydrogen) atoms. The fraction of sp³-hybridized carbons (Fsp3) is 1.00. The van der Waals surface area contributed by atoms with E-state index in [2.05, 4.69) is 39.9 Å². The van der Waals surface area contributed by atoms with Crippen LogP contribution in [0.25, 0.3) is 0 Å². The fourth-order valence-corrected chi connectivity index (χ4v) is 1.80. The normalized spacial score (nSPS) is 16.3. The molecule has 2 unspecified atom stereocenters. The average Bonchev–Trinajstić information content (AvgIpc) is 2.11. The van der Waals surface area contributed by atoms with Gasteiger partial charge in [0.1, 0.15) is 0 Å². The van der Waals surface area contributed by atoms with Gasteiger partial charge in [-0.3, -0.25) is 0 Å². The number of hydrogen-bond acceptors (Lipinski definition) is 2. The first kappa shape index (κ1) is 13.9. The van der Waals surface area contributed by atoms with Crippen LogP contribution in [0.1, 0.15) is 47.5 Å². The largest absolute Gasteiger partial charge is 0.396 e. The zero-order valence-electron chi connectivity index (χ0n) is 10.4. The van der Waals surface area contributed by atoms with Gasteiger partial charge in [0.05, 0.1) is 0 Å². The molecule has 0 aromatic carbocycles. The summed E-state index contributed by atoms with van der Waals surface area (Å²) in [6.45, 7) is 11.4. The Hall–Kier alpha value is -0.0800. The van der Waals surface area contributed by atoms with Crippen molar-refractivity contribution in [2.75, 3.05) is 6.61 Å². The third-order valence-electron chi connectivity index (χ3n) is 2.92. The first-order valence-corrected chi connectivity index (χ1v) is 5.89. The van der Waals surface area contributed by atoms with E-state index in [1.165, 1.54) is 0 Å². The van der Waals surface area contributed by atoms with E-state index in [0.29, 0.717) is 23.9 Å². The highest BCUT2D eigenvalue weighted by molar-refractivity contribution is 4.77. The van der Waals surface area contributed by atoms with E-state index in [0.717, 1.165) is 12.8 Å². The van der Waals surface area contributed by atoms with Crippen molar-refractivity contribution in [3.8, 4) is 0 Å². The Balaban J connectivity index is 4.11. The highest BCUT2D eigenvalue weighted by Crippen LogP contribution is 2.12. The number of nitrogens with one attached hydrogen (secondary N) is 1. The molecule has 0 saturated heterocycles. The van der Waals surface area contributed by atoms with Gasteiger partial charge in [0.2, 0.25) is 0 Å². The third kappa shape index (κ3) is 4.97. The molecule has 0 heterocycles. The molecule has 0 aliphatic rings. The Morgan fingerprint density at radius 3 is 1.79 bits per heavy atom. The second-order valence-electron chi connectivity index (χ2n) is 4.79. The molecule has 0 aromatic rings. The predicted molar refractivity (Wildman–Crippen MR) is 62.4 cm³/mol. The van der Waals surface area contributed by atoms with Gasteiger partial charge in [-0.1, -0.05) is 34.6 Å². The van der Waals surface area contributed by atoms with Gasteiger partial charge in [-0.2, -0.15) is 0 Å². The van der Waals surface area contributed by atoms with Gasteiger partial charge in [-0.15, -0.1) is 0 Å². The molecule has 0 bridgehead atoms. The first-order valence-electron chi connectivity index (χ1n) is 5.89. The first-order chi connectivity index (χ1) is 6.52. The van der Waals surface area contributed by atoms with Crippen LogP contribution >= 0.6 is 0 Å². The molecular formula is C12H27NO. The van der Waals surface area contributed by atoms with Crippen molar-refractivity contribution in [1.82, 2.24) is 5.32 Å². The van der Waals surface area contributed by atoms with Crippen molar-refractivity contribution >= 4 is 0 Å². The highest BCUT2D eigenvalue weighted by Gasteiger charge is 2.18. The molecule has 2 N–H and O–H groups in total. The van der Waals surface area contributed by atoms with Gasteiger partial charge in [0.15, 0.2) is 0 Å². The molecule has 0 spiro atoms. The number of aliphatic hydroxyl groups is 1. The highest BCUT2D eigenvalue weighted by atomic mass is 16.3. The van der Waals surface area contributed by atoms with Crippen LogP contribution in [0.4, 0.5) is 0 Å². The topological polar surface area (TPSA) is 32.3 Å². The Labute approximate surface area is 89.1 Å². The second-order valence-corrected chi connectivity index (χ2v) is 4.79. The van der Waals surface area contributed by atoms with E-state index >= 15 is 0 Å². The Morgan fingerprint density at radius 1 is 1.00 bits per heavy atom. The lowest BCUT2D eigenvalue weighted by Crippen LogP contribution is -2.44. The van der Waals surface area contributed by atoms with Crippen molar-refractivity contribution in [2.24, 2.45) is 11.8 Å². The van der Waals surface area contributed by atoms with Gasteiger partial charge in [-0.05, 0) is 24.7 Å². The average molecular weight is 201 g/mol. The smallest absolute Gasteiger partial charge is 0.0445 e. The van der Waals surface area contributed by atoms with Crippen LogP contribution in [0.2, 0.25) is 0 Å². The van der Waals surface area contributed by atoms with Crippen LogP contribution in [0, 0.1) is 11.8 Å². The standard InChI is InChI=1S/C12H27NO/c1-6-11(9(2)3)13-12(7-8-14)10(4)5/h9-14H,6-8H2,1-5H3. The van der Waals surface area contributed by atoms with E-state index in [1.807, 2.05) is 0 Å². The van der Waals surface area contributed by atoms with Crippen LogP contribution in [-0.4, -0.2) is 23.8 Å². The number of rotatable bonds is 7. The summed E-state index contributed by atoms with van der Waals surface area (Å²) in [6, 6.07) is 1.03. The number of hydrogen-bond donors (Lipinski definition) is 2.